The van der Waals surface area contributed by atoms with E-state index in [4.69, 9.17) is 0 Å². The van der Waals surface area contributed by atoms with E-state index in [1.54, 1.807) is 12.1 Å². The van der Waals surface area contributed by atoms with Crippen LogP contribution >= 0.6 is 0 Å². The normalized spacial score (nSPS) is 10.5. The van der Waals surface area contributed by atoms with E-state index >= 15 is 0 Å². The number of ketones is 2. The zero-order chi connectivity index (χ0) is 10.8. The number of rotatable bonds is 3. The van der Waals surface area contributed by atoms with Crippen molar-refractivity contribution in [1.82, 2.24) is 4.98 Å². The van der Waals surface area contributed by atoms with E-state index in [2.05, 4.69) is 4.98 Å². The number of fused-ring (bicyclic) bond motifs is 1. The Morgan fingerprint density at radius 1 is 1.27 bits per heavy atom. The number of carbonyl (C=O) groups excluding carboxylic acids is 2. The van der Waals surface area contributed by atoms with E-state index in [1.165, 1.54) is 6.92 Å². The SMILES string of the molecule is CC(=O)CC(=O)c1ccc2cc[nH]c2c1. The molecule has 76 valence electrons. The maximum atomic E-state index is 11.6. The maximum Gasteiger partial charge on any atom is 0.170 e. The summed E-state index contributed by atoms with van der Waals surface area (Å²) in [7, 11) is 0. The van der Waals surface area contributed by atoms with Gasteiger partial charge in [0.05, 0.1) is 6.42 Å². The molecule has 0 aliphatic heterocycles. The molecule has 0 spiro atoms. The monoisotopic (exact) mass is 201 g/mol. The zero-order valence-electron chi connectivity index (χ0n) is 8.41. The molecular weight excluding hydrogens is 190 g/mol. The highest BCUT2D eigenvalue weighted by Gasteiger charge is 2.09. The highest BCUT2D eigenvalue weighted by atomic mass is 16.1. The van der Waals surface area contributed by atoms with Gasteiger partial charge < -0.3 is 4.98 Å². The Bertz CT molecular complexity index is 525. The first-order chi connectivity index (χ1) is 7.16. The zero-order valence-corrected chi connectivity index (χ0v) is 8.41. The Morgan fingerprint density at radius 2 is 2.07 bits per heavy atom. The van der Waals surface area contributed by atoms with Crippen LogP contribution in [-0.2, 0) is 4.79 Å². The van der Waals surface area contributed by atoms with Gasteiger partial charge in [-0.05, 0) is 24.4 Å². The quantitative estimate of drug-likeness (QED) is 0.612. The fourth-order valence-corrected chi connectivity index (χ4v) is 1.55. The highest BCUT2D eigenvalue weighted by Crippen LogP contribution is 2.15. The molecule has 0 bridgehead atoms. The van der Waals surface area contributed by atoms with Crippen molar-refractivity contribution in [1.29, 1.82) is 0 Å². The number of aromatic nitrogens is 1. The number of benzene rings is 1. The molecule has 15 heavy (non-hydrogen) atoms. The molecule has 1 aromatic carbocycles. The van der Waals surface area contributed by atoms with Crippen molar-refractivity contribution in [2.24, 2.45) is 0 Å². The first-order valence-corrected chi connectivity index (χ1v) is 4.76. The lowest BCUT2D eigenvalue weighted by molar-refractivity contribution is -0.116. The predicted molar refractivity (Wildman–Crippen MR) is 57.9 cm³/mol. The predicted octanol–water partition coefficient (Wildman–Crippen LogP) is 2.33. The first kappa shape index (κ1) is 9.65. The molecular formula is C12H11NO2. The molecule has 0 aliphatic rings. The van der Waals surface area contributed by atoms with Gasteiger partial charge in [0, 0.05) is 17.3 Å². The largest absolute Gasteiger partial charge is 0.361 e. The summed E-state index contributed by atoms with van der Waals surface area (Å²) in [6, 6.07) is 7.34. The Hall–Kier alpha value is -1.90. The fraction of sp³-hybridized carbons (Fsp3) is 0.167. The molecule has 0 amide bonds. The van der Waals surface area contributed by atoms with Gasteiger partial charge in [0.1, 0.15) is 5.78 Å². The topological polar surface area (TPSA) is 49.9 Å². The van der Waals surface area contributed by atoms with Crippen molar-refractivity contribution in [3.8, 4) is 0 Å². The van der Waals surface area contributed by atoms with E-state index in [1.807, 2.05) is 18.3 Å². The Morgan fingerprint density at radius 3 is 2.80 bits per heavy atom. The second-order valence-electron chi connectivity index (χ2n) is 3.58. The van der Waals surface area contributed by atoms with Gasteiger partial charge in [-0.25, -0.2) is 0 Å². The van der Waals surface area contributed by atoms with Crippen LogP contribution in [0.1, 0.15) is 23.7 Å². The van der Waals surface area contributed by atoms with Crippen LogP contribution in [0.3, 0.4) is 0 Å². The summed E-state index contributed by atoms with van der Waals surface area (Å²) in [5.41, 5.74) is 1.50. The third kappa shape index (κ3) is 1.96. The Balaban J connectivity index is 2.35. The molecule has 2 rings (SSSR count). The van der Waals surface area contributed by atoms with Crippen LogP contribution in [0.4, 0.5) is 0 Å². The third-order valence-corrected chi connectivity index (χ3v) is 2.29. The number of Topliss-reactive ketones (excluding diaryl/α,β-unsaturated/α-hetero) is 2. The molecule has 0 aliphatic carbocycles. The molecule has 2 aromatic rings. The average molecular weight is 201 g/mol. The highest BCUT2D eigenvalue weighted by molar-refractivity contribution is 6.08. The van der Waals surface area contributed by atoms with Gasteiger partial charge in [-0.3, -0.25) is 9.59 Å². The summed E-state index contributed by atoms with van der Waals surface area (Å²) in [5.74, 6) is -0.231. The number of carbonyl (C=O) groups is 2. The number of H-pyrrole nitrogens is 1. The molecule has 1 N–H and O–H groups in total. The minimum Gasteiger partial charge on any atom is -0.361 e. The van der Waals surface area contributed by atoms with E-state index in [0.717, 1.165) is 10.9 Å². The number of nitrogens with one attached hydrogen (secondary N) is 1. The summed E-state index contributed by atoms with van der Waals surface area (Å²) < 4.78 is 0. The van der Waals surface area contributed by atoms with Crippen molar-refractivity contribution in [3.63, 3.8) is 0 Å². The summed E-state index contributed by atoms with van der Waals surface area (Å²) >= 11 is 0. The van der Waals surface area contributed by atoms with Crippen molar-refractivity contribution in [3.05, 3.63) is 36.0 Å². The molecule has 3 heteroatoms. The van der Waals surface area contributed by atoms with E-state index in [-0.39, 0.29) is 18.0 Å². The lowest BCUT2D eigenvalue weighted by atomic mass is 10.1. The molecule has 0 fully saturated rings. The second kappa shape index (κ2) is 3.69. The van der Waals surface area contributed by atoms with Gasteiger partial charge in [-0.2, -0.15) is 0 Å². The van der Waals surface area contributed by atoms with Crippen LogP contribution in [0.5, 0.6) is 0 Å². The molecule has 0 saturated heterocycles. The van der Waals surface area contributed by atoms with Crippen molar-refractivity contribution < 1.29 is 9.59 Å². The molecule has 0 unspecified atom stereocenters. The van der Waals surface area contributed by atoms with Gasteiger partial charge in [-0.1, -0.05) is 12.1 Å². The lowest BCUT2D eigenvalue weighted by Gasteiger charge is -1.98. The molecule has 1 aromatic heterocycles. The molecule has 3 nitrogen and oxygen atoms in total. The number of hydrogen-bond acceptors (Lipinski definition) is 2. The Labute approximate surface area is 87.1 Å². The van der Waals surface area contributed by atoms with Gasteiger partial charge in [0.25, 0.3) is 0 Å². The van der Waals surface area contributed by atoms with Crippen LogP contribution in [0, 0.1) is 0 Å². The number of aromatic amines is 1. The van der Waals surface area contributed by atoms with Crippen molar-refractivity contribution >= 4 is 22.5 Å². The van der Waals surface area contributed by atoms with Gasteiger partial charge in [0.15, 0.2) is 5.78 Å². The first-order valence-electron chi connectivity index (χ1n) is 4.76. The molecule has 0 atom stereocenters. The van der Waals surface area contributed by atoms with Gasteiger partial charge in [0.2, 0.25) is 0 Å². The Kier molecular flexibility index (Phi) is 2.37. The van der Waals surface area contributed by atoms with Gasteiger partial charge >= 0.3 is 0 Å². The van der Waals surface area contributed by atoms with Crippen molar-refractivity contribution in [2.75, 3.05) is 0 Å². The fourth-order valence-electron chi connectivity index (χ4n) is 1.55. The van der Waals surface area contributed by atoms with Crippen molar-refractivity contribution in [2.45, 2.75) is 13.3 Å². The second-order valence-corrected chi connectivity index (χ2v) is 3.58. The standard InChI is InChI=1S/C12H11NO2/c1-8(14)6-12(15)10-3-2-9-4-5-13-11(9)7-10/h2-5,7,13H,6H2,1H3. The smallest absolute Gasteiger partial charge is 0.170 e. The van der Waals surface area contributed by atoms with Crippen LogP contribution in [0.25, 0.3) is 10.9 Å². The van der Waals surface area contributed by atoms with Crippen LogP contribution in [-0.4, -0.2) is 16.6 Å². The van der Waals surface area contributed by atoms with E-state index in [9.17, 15) is 9.59 Å². The minimum absolute atomic E-state index is 0.0216. The average Bonchev–Trinajstić information content (AvgIpc) is 2.62. The lowest BCUT2D eigenvalue weighted by Crippen LogP contribution is -2.04. The van der Waals surface area contributed by atoms with Crippen LogP contribution in [0.15, 0.2) is 30.5 Å². The minimum atomic E-state index is -0.126. The van der Waals surface area contributed by atoms with Gasteiger partial charge in [-0.15, -0.1) is 0 Å². The summed E-state index contributed by atoms with van der Waals surface area (Å²) in [6.07, 6.45) is 1.80. The summed E-state index contributed by atoms with van der Waals surface area (Å²) in [6.45, 7) is 1.42. The summed E-state index contributed by atoms with van der Waals surface area (Å²) in [4.78, 5) is 25.4. The maximum absolute atomic E-state index is 11.6. The van der Waals surface area contributed by atoms with E-state index < -0.39 is 0 Å². The molecule has 1 heterocycles. The summed E-state index contributed by atoms with van der Waals surface area (Å²) in [5, 5.41) is 1.06. The third-order valence-electron chi connectivity index (χ3n) is 2.29. The van der Waals surface area contributed by atoms with Crippen LogP contribution < -0.4 is 0 Å². The molecule has 0 radical (unpaired) electrons. The molecule has 0 saturated carbocycles. The van der Waals surface area contributed by atoms with E-state index in [0.29, 0.717) is 5.56 Å². The number of hydrogen-bond donors (Lipinski definition) is 1. The van der Waals surface area contributed by atoms with Crippen LogP contribution in [0.2, 0.25) is 0 Å².